The van der Waals surface area contributed by atoms with Crippen LogP contribution in [0.4, 0.5) is 17.1 Å². The lowest BCUT2D eigenvalue weighted by Crippen LogP contribution is -2.23. The fraction of sp³-hybridized carbons (Fsp3) is 0.295. The van der Waals surface area contributed by atoms with Crippen molar-refractivity contribution in [1.29, 1.82) is 0 Å². The maximum Gasteiger partial charge on any atom is 0.0525 e. The summed E-state index contributed by atoms with van der Waals surface area (Å²) in [6, 6.07) is 34.9. The monoisotopic (exact) mass is 621 g/mol. The maximum atomic E-state index is 4.80. The van der Waals surface area contributed by atoms with Crippen LogP contribution in [-0.4, -0.2) is 18.8 Å². The summed E-state index contributed by atoms with van der Waals surface area (Å²) in [5.74, 6) is 0. The summed E-state index contributed by atoms with van der Waals surface area (Å²) in [6.07, 6.45) is 15.8. The van der Waals surface area contributed by atoms with E-state index < -0.39 is 0 Å². The number of allylic oxidation sites excluding steroid dienone is 7. The fourth-order valence-electron chi connectivity index (χ4n) is 6.40. The molecule has 3 heteroatoms. The number of hydrogen-bond donors (Lipinski definition) is 0. The first kappa shape index (κ1) is 33.7. The molecule has 0 atom stereocenters. The molecule has 0 bridgehead atoms. The molecule has 0 N–H and O–H groups in total. The summed E-state index contributed by atoms with van der Waals surface area (Å²) in [5, 5.41) is 2.62. The topological polar surface area (TPSA) is 18.8 Å². The highest BCUT2D eigenvalue weighted by molar-refractivity contribution is 5.93. The van der Waals surface area contributed by atoms with E-state index >= 15 is 0 Å². The lowest BCUT2D eigenvalue weighted by molar-refractivity contribution is 0.764. The zero-order chi connectivity index (χ0) is 33.0. The predicted octanol–water partition coefficient (Wildman–Crippen LogP) is 12.3. The SMILES string of the molecule is CCCCN=C(C)/C=C/C1=C(N(c2ccccc2)c2ccccc2)C(=C/C=C(\C)N(CCCC)c2ccc3ccccc3c2C)/CC1. The second-order valence-corrected chi connectivity index (χ2v) is 12.5. The number of benzene rings is 4. The van der Waals surface area contributed by atoms with Crippen molar-refractivity contribution >= 4 is 33.5 Å². The van der Waals surface area contributed by atoms with Gasteiger partial charge in [-0.15, -0.1) is 0 Å². The van der Waals surface area contributed by atoms with Crippen molar-refractivity contribution in [3.05, 3.63) is 149 Å². The van der Waals surface area contributed by atoms with Crippen molar-refractivity contribution in [1.82, 2.24) is 0 Å². The van der Waals surface area contributed by atoms with Gasteiger partial charge in [0.1, 0.15) is 0 Å². The van der Waals surface area contributed by atoms with E-state index in [1.54, 1.807) is 0 Å². The van der Waals surface area contributed by atoms with Crippen LogP contribution in [0.1, 0.15) is 71.8 Å². The minimum atomic E-state index is 0.888. The molecule has 3 nitrogen and oxygen atoms in total. The number of para-hydroxylation sites is 2. The first-order valence-corrected chi connectivity index (χ1v) is 17.5. The Morgan fingerprint density at radius 3 is 2.11 bits per heavy atom. The second kappa shape index (κ2) is 16.8. The first-order valence-electron chi connectivity index (χ1n) is 17.5. The van der Waals surface area contributed by atoms with Crippen LogP contribution >= 0.6 is 0 Å². The molecule has 4 aromatic carbocycles. The van der Waals surface area contributed by atoms with Gasteiger partial charge < -0.3 is 9.80 Å². The van der Waals surface area contributed by atoms with Crippen molar-refractivity contribution in [3.8, 4) is 0 Å². The van der Waals surface area contributed by atoms with Crippen molar-refractivity contribution in [2.24, 2.45) is 4.99 Å². The molecule has 0 spiro atoms. The molecule has 47 heavy (non-hydrogen) atoms. The standard InChI is InChI=1S/C44H51N3/c1-6-8-32-45-34(3)24-26-38-28-29-39(44(38)47(40-19-12-10-13-20-40)41-21-14-11-15-22-41)27-25-35(4)46(33-9-7-2)43-31-30-37-18-16-17-23-42(37)36(43)5/h10-27,30-31H,6-9,28-29,32-33H2,1-5H3/b26-24+,35-25+,39-27+,45-34?. The molecular weight excluding hydrogens is 571 g/mol. The number of anilines is 3. The Hall–Kier alpha value is -4.63. The highest BCUT2D eigenvalue weighted by atomic mass is 15.2. The molecule has 0 fully saturated rings. The average Bonchev–Trinajstić information content (AvgIpc) is 3.50. The third kappa shape index (κ3) is 8.40. The molecule has 0 radical (unpaired) electrons. The van der Waals surface area contributed by atoms with Crippen LogP contribution in [0, 0.1) is 6.92 Å². The van der Waals surface area contributed by atoms with E-state index in [0.29, 0.717) is 0 Å². The number of aryl methyl sites for hydroxylation is 1. The Bertz CT molecular complexity index is 1730. The third-order valence-corrected chi connectivity index (χ3v) is 9.07. The number of aliphatic imine (C=N–C) groups is 1. The van der Waals surface area contributed by atoms with Gasteiger partial charge in [0.2, 0.25) is 0 Å². The van der Waals surface area contributed by atoms with Gasteiger partial charge in [-0.2, -0.15) is 0 Å². The Balaban J connectivity index is 1.60. The van der Waals surface area contributed by atoms with Crippen LogP contribution in [0.25, 0.3) is 10.8 Å². The van der Waals surface area contributed by atoms with Gasteiger partial charge in [-0.1, -0.05) is 106 Å². The van der Waals surface area contributed by atoms with Gasteiger partial charge in [0.25, 0.3) is 0 Å². The molecule has 242 valence electrons. The molecule has 1 aliphatic rings. The molecule has 0 unspecified atom stereocenters. The summed E-state index contributed by atoms with van der Waals surface area (Å²) < 4.78 is 0. The molecule has 0 amide bonds. The lowest BCUT2D eigenvalue weighted by Gasteiger charge is -2.29. The zero-order valence-electron chi connectivity index (χ0n) is 29.0. The number of rotatable bonds is 14. The molecule has 0 saturated heterocycles. The summed E-state index contributed by atoms with van der Waals surface area (Å²) in [4.78, 5) is 9.76. The summed E-state index contributed by atoms with van der Waals surface area (Å²) >= 11 is 0. The zero-order valence-corrected chi connectivity index (χ0v) is 29.0. The van der Waals surface area contributed by atoms with E-state index in [0.717, 1.165) is 68.7 Å². The largest absolute Gasteiger partial charge is 0.345 e. The van der Waals surface area contributed by atoms with Gasteiger partial charge in [-0.25, -0.2) is 0 Å². The molecule has 4 aromatic rings. The van der Waals surface area contributed by atoms with E-state index in [1.807, 2.05) is 0 Å². The van der Waals surface area contributed by atoms with E-state index in [2.05, 4.69) is 166 Å². The fourth-order valence-corrected chi connectivity index (χ4v) is 6.40. The van der Waals surface area contributed by atoms with Crippen molar-refractivity contribution in [2.75, 3.05) is 22.9 Å². The van der Waals surface area contributed by atoms with E-state index in [9.17, 15) is 0 Å². The summed E-state index contributed by atoms with van der Waals surface area (Å²) in [6.45, 7) is 13.0. The van der Waals surface area contributed by atoms with E-state index in [1.165, 1.54) is 44.6 Å². The van der Waals surface area contributed by atoms with Gasteiger partial charge in [0.15, 0.2) is 0 Å². The van der Waals surface area contributed by atoms with Gasteiger partial charge in [-0.05, 0) is 116 Å². The Kier molecular flexibility index (Phi) is 12.0. The molecule has 0 aromatic heterocycles. The molecular formula is C44H51N3. The van der Waals surface area contributed by atoms with E-state index in [-0.39, 0.29) is 0 Å². The minimum Gasteiger partial charge on any atom is -0.345 e. The molecule has 1 aliphatic carbocycles. The van der Waals surface area contributed by atoms with Crippen LogP contribution < -0.4 is 9.80 Å². The maximum absolute atomic E-state index is 4.80. The van der Waals surface area contributed by atoms with Crippen LogP contribution in [0.5, 0.6) is 0 Å². The molecule has 0 heterocycles. The Morgan fingerprint density at radius 2 is 1.43 bits per heavy atom. The van der Waals surface area contributed by atoms with Crippen molar-refractivity contribution in [3.63, 3.8) is 0 Å². The van der Waals surface area contributed by atoms with Crippen LogP contribution in [-0.2, 0) is 0 Å². The Labute approximate surface area is 283 Å². The highest BCUT2D eigenvalue weighted by Gasteiger charge is 2.26. The normalized spacial score (nSPS) is 15.0. The van der Waals surface area contributed by atoms with Gasteiger partial charge in [0.05, 0.1) is 5.70 Å². The quantitative estimate of drug-likeness (QED) is 0.103. The van der Waals surface area contributed by atoms with Crippen molar-refractivity contribution in [2.45, 2.75) is 73.1 Å². The third-order valence-electron chi connectivity index (χ3n) is 9.07. The summed E-state index contributed by atoms with van der Waals surface area (Å²) in [7, 11) is 0. The smallest absolute Gasteiger partial charge is 0.0525 e. The lowest BCUT2D eigenvalue weighted by atomic mass is 10.0. The van der Waals surface area contributed by atoms with Crippen LogP contribution in [0.3, 0.4) is 0 Å². The number of nitrogens with zero attached hydrogens (tertiary/aromatic N) is 3. The number of fused-ring (bicyclic) bond motifs is 1. The highest BCUT2D eigenvalue weighted by Crippen LogP contribution is 2.42. The summed E-state index contributed by atoms with van der Waals surface area (Å²) in [5.41, 5.74) is 11.3. The van der Waals surface area contributed by atoms with Gasteiger partial charge in [-0.3, -0.25) is 4.99 Å². The van der Waals surface area contributed by atoms with E-state index in [4.69, 9.17) is 4.99 Å². The average molecular weight is 622 g/mol. The number of unbranched alkanes of at least 4 members (excludes halogenated alkanes) is 2. The van der Waals surface area contributed by atoms with Crippen LogP contribution in [0.2, 0.25) is 0 Å². The number of hydrogen-bond acceptors (Lipinski definition) is 3. The minimum absolute atomic E-state index is 0.888. The van der Waals surface area contributed by atoms with Gasteiger partial charge >= 0.3 is 0 Å². The van der Waals surface area contributed by atoms with Crippen LogP contribution in [0.15, 0.2) is 149 Å². The molecule has 0 aliphatic heterocycles. The Morgan fingerprint density at radius 1 is 0.766 bits per heavy atom. The van der Waals surface area contributed by atoms with Crippen molar-refractivity contribution < 1.29 is 0 Å². The predicted molar refractivity (Wildman–Crippen MR) is 206 cm³/mol. The van der Waals surface area contributed by atoms with Gasteiger partial charge in [0, 0.05) is 41.6 Å². The second-order valence-electron chi connectivity index (χ2n) is 12.5. The molecule has 0 saturated carbocycles. The first-order chi connectivity index (χ1) is 23.0. The molecule has 5 rings (SSSR count).